The Morgan fingerprint density at radius 1 is 1.50 bits per heavy atom. The van der Waals surface area contributed by atoms with Crippen molar-refractivity contribution in [3.63, 3.8) is 0 Å². The van der Waals surface area contributed by atoms with E-state index in [4.69, 9.17) is 15.3 Å². The topological polar surface area (TPSA) is 56.5 Å². The molecular weight excluding hydrogens is 180 g/mol. The van der Waals surface area contributed by atoms with E-state index in [-0.39, 0.29) is 12.1 Å². The first-order chi connectivity index (χ1) is 6.77. The minimum atomic E-state index is 0.169. The summed E-state index contributed by atoms with van der Waals surface area (Å²) in [6, 6.07) is 0.253. The van der Waals surface area contributed by atoms with Gasteiger partial charge in [0.25, 0.3) is 0 Å². The third-order valence-electron chi connectivity index (χ3n) is 3.08. The summed E-state index contributed by atoms with van der Waals surface area (Å²) < 4.78 is 10.6. The van der Waals surface area contributed by atoms with Crippen LogP contribution in [0.2, 0.25) is 0 Å². The van der Waals surface area contributed by atoms with E-state index in [1.807, 2.05) is 6.92 Å². The Labute approximate surface area is 86.1 Å². The normalized spacial score (nSPS) is 23.4. The molecule has 1 rings (SSSR count). The fourth-order valence-electron chi connectivity index (χ4n) is 1.90. The molecule has 0 saturated carbocycles. The molecule has 1 saturated heterocycles. The maximum Gasteiger partial charge on any atom is 0.0709 e. The molecule has 0 bridgehead atoms. The minimum absolute atomic E-state index is 0.169. The number of nitrogens with two attached hydrogens (primary N) is 1. The van der Waals surface area contributed by atoms with Gasteiger partial charge in [-0.25, -0.2) is 0 Å². The van der Waals surface area contributed by atoms with Gasteiger partial charge in [0.2, 0.25) is 0 Å². The van der Waals surface area contributed by atoms with Gasteiger partial charge in [-0.1, -0.05) is 0 Å². The lowest BCUT2D eigenvalue weighted by atomic mass is 9.91. The van der Waals surface area contributed by atoms with Crippen LogP contribution in [0.15, 0.2) is 0 Å². The van der Waals surface area contributed by atoms with Crippen LogP contribution in [0.4, 0.5) is 0 Å². The minimum Gasteiger partial charge on any atom is -0.381 e. The summed E-state index contributed by atoms with van der Waals surface area (Å²) in [6.45, 7) is 3.83. The van der Waals surface area contributed by atoms with E-state index >= 15 is 0 Å². The van der Waals surface area contributed by atoms with Crippen molar-refractivity contribution in [2.45, 2.75) is 38.3 Å². The van der Waals surface area contributed by atoms with Crippen LogP contribution in [0.1, 0.15) is 26.2 Å². The van der Waals surface area contributed by atoms with E-state index in [0.29, 0.717) is 0 Å². The quantitative estimate of drug-likeness (QED) is 0.508. The molecule has 1 heterocycles. The summed E-state index contributed by atoms with van der Waals surface area (Å²) in [5.41, 5.74) is 2.83. The fraction of sp³-hybridized carbons (Fsp3) is 1.00. The predicted octanol–water partition coefficient (Wildman–Crippen LogP) is 0.670. The zero-order valence-corrected chi connectivity index (χ0v) is 9.16. The van der Waals surface area contributed by atoms with Crippen molar-refractivity contribution in [1.82, 2.24) is 5.43 Å². The van der Waals surface area contributed by atoms with Crippen molar-refractivity contribution in [1.29, 1.82) is 0 Å². The van der Waals surface area contributed by atoms with E-state index in [2.05, 4.69) is 5.43 Å². The zero-order chi connectivity index (χ0) is 10.4. The highest BCUT2D eigenvalue weighted by Crippen LogP contribution is 2.21. The molecule has 0 spiro atoms. The van der Waals surface area contributed by atoms with Crippen LogP contribution in [0.5, 0.6) is 0 Å². The Balaban J connectivity index is 2.30. The lowest BCUT2D eigenvalue weighted by molar-refractivity contribution is 0.0389. The maximum absolute atomic E-state index is 5.51. The second kappa shape index (κ2) is 6.35. The number of hydrogen-bond acceptors (Lipinski definition) is 4. The molecule has 4 heteroatoms. The van der Waals surface area contributed by atoms with E-state index in [1.54, 1.807) is 7.11 Å². The van der Waals surface area contributed by atoms with Gasteiger partial charge >= 0.3 is 0 Å². The van der Waals surface area contributed by atoms with Crippen molar-refractivity contribution in [2.24, 2.45) is 11.8 Å². The van der Waals surface area contributed by atoms with Gasteiger partial charge in [0.05, 0.1) is 6.10 Å². The van der Waals surface area contributed by atoms with Crippen LogP contribution in [-0.4, -0.2) is 32.5 Å². The Morgan fingerprint density at radius 2 is 2.14 bits per heavy atom. The van der Waals surface area contributed by atoms with Crippen LogP contribution >= 0.6 is 0 Å². The van der Waals surface area contributed by atoms with Gasteiger partial charge < -0.3 is 9.47 Å². The number of methoxy groups -OCH3 is 1. The van der Waals surface area contributed by atoms with Crippen LogP contribution in [-0.2, 0) is 9.47 Å². The highest BCUT2D eigenvalue weighted by atomic mass is 16.5. The lowest BCUT2D eigenvalue weighted by Crippen LogP contribution is -2.45. The number of ether oxygens (including phenoxy) is 2. The average Bonchev–Trinajstić information content (AvgIpc) is 2.26. The number of hydrogen-bond donors (Lipinski definition) is 2. The molecule has 0 radical (unpaired) electrons. The Kier molecular flexibility index (Phi) is 5.40. The molecule has 1 aliphatic heterocycles. The number of hydrazine groups is 1. The average molecular weight is 202 g/mol. The molecule has 0 aliphatic carbocycles. The number of rotatable bonds is 5. The molecule has 3 N–H and O–H groups in total. The van der Waals surface area contributed by atoms with E-state index < -0.39 is 0 Å². The van der Waals surface area contributed by atoms with Crippen molar-refractivity contribution in [3.05, 3.63) is 0 Å². The van der Waals surface area contributed by atoms with Gasteiger partial charge in [0.1, 0.15) is 0 Å². The zero-order valence-electron chi connectivity index (χ0n) is 9.16. The third kappa shape index (κ3) is 3.53. The molecular formula is C10H22N2O2. The van der Waals surface area contributed by atoms with Crippen molar-refractivity contribution < 1.29 is 9.47 Å². The summed E-state index contributed by atoms with van der Waals surface area (Å²) in [7, 11) is 1.72. The molecule has 0 amide bonds. The molecule has 2 atom stereocenters. The summed E-state index contributed by atoms with van der Waals surface area (Å²) in [5.74, 6) is 6.23. The van der Waals surface area contributed by atoms with Crippen LogP contribution in [0.25, 0.3) is 0 Å². The summed E-state index contributed by atoms with van der Waals surface area (Å²) in [5, 5.41) is 0. The van der Waals surface area contributed by atoms with Crippen molar-refractivity contribution in [3.8, 4) is 0 Å². The van der Waals surface area contributed by atoms with Gasteiger partial charge in [0, 0.05) is 26.4 Å². The molecule has 84 valence electrons. The molecule has 1 aliphatic rings. The van der Waals surface area contributed by atoms with E-state index in [1.165, 1.54) is 0 Å². The van der Waals surface area contributed by atoms with Gasteiger partial charge in [-0.2, -0.15) is 0 Å². The first-order valence-corrected chi connectivity index (χ1v) is 5.34. The number of nitrogens with one attached hydrogen (secondary N) is 1. The molecule has 0 aromatic carbocycles. The van der Waals surface area contributed by atoms with Crippen molar-refractivity contribution in [2.75, 3.05) is 20.3 Å². The Morgan fingerprint density at radius 3 is 2.64 bits per heavy atom. The fourth-order valence-corrected chi connectivity index (χ4v) is 1.90. The van der Waals surface area contributed by atoms with Gasteiger partial charge in [-0.3, -0.25) is 11.3 Å². The highest BCUT2D eigenvalue weighted by Gasteiger charge is 2.22. The second-order valence-electron chi connectivity index (χ2n) is 4.01. The first-order valence-electron chi connectivity index (χ1n) is 5.34. The van der Waals surface area contributed by atoms with Gasteiger partial charge in [0.15, 0.2) is 0 Å². The first kappa shape index (κ1) is 11.9. The molecule has 4 nitrogen and oxygen atoms in total. The van der Waals surface area contributed by atoms with Gasteiger partial charge in [-0.05, 0) is 32.1 Å². The SMILES string of the molecule is COC(C)C(CC1CCOCC1)NN. The largest absolute Gasteiger partial charge is 0.381 e. The van der Waals surface area contributed by atoms with Crippen LogP contribution in [0, 0.1) is 5.92 Å². The maximum atomic E-state index is 5.51. The van der Waals surface area contributed by atoms with E-state index in [9.17, 15) is 0 Å². The Bertz CT molecular complexity index is 149. The molecule has 0 aromatic rings. The monoisotopic (exact) mass is 202 g/mol. The highest BCUT2D eigenvalue weighted by molar-refractivity contribution is 4.76. The van der Waals surface area contributed by atoms with Crippen LogP contribution < -0.4 is 11.3 Å². The second-order valence-corrected chi connectivity index (χ2v) is 4.01. The van der Waals surface area contributed by atoms with Gasteiger partial charge in [-0.15, -0.1) is 0 Å². The lowest BCUT2D eigenvalue weighted by Gasteiger charge is -2.29. The standard InChI is InChI=1S/C10H22N2O2/c1-8(13-2)10(12-11)7-9-3-5-14-6-4-9/h8-10,12H,3-7,11H2,1-2H3. The predicted molar refractivity (Wildman–Crippen MR) is 55.7 cm³/mol. The smallest absolute Gasteiger partial charge is 0.0709 e. The molecule has 14 heavy (non-hydrogen) atoms. The third-order valence-corrected chi connectivity index (χ3v) is 3.08. The summed E-state index contributed by atoms with van der Waals surface area (Å²) in [6.07, 6.45) is 3.54. The summed E-state index contributed by atoms with van der Waals surface area (Å²) >= 11 is 0. The van der Waals surface area contributed by atoms with Crippen LogP contribution in [0.3, 0.4) is 0 Å². The molecule has 1 fully saturated rings. The van der Waals surface area contributed by atoms with Crippen molar-refractivity contribution >= 4 is 0 Å². The molecule has 2 unspecified atom stereocenters. The molecule has 0 aromatic heterocycles. The summed E-state index contributed by atoms with van der Waals surface area (Å²) in [4.78, 5) is 0. The van der Waals surface area contributed by atoms with E-state index in [0.717, 1.165) is 38.4 Å². The Hall–Kier alpha value is -0.160.